The van der Waals surface area contributed by atoms with Gasteiger partial charge in [-0.3, -0.25) is 4.79 Å². The molecule has 0 bridgehead atoms. The smallest absolute Gasteiger partial charge is 0.355 e. The molecule has 0 aliphatic rings. The first-order valence-electron chi connectivity index (χ1n) is 8.81. The Balaban J connectivity index is 2.94. The molecular formula is C18H31N3O3S. The minimum atomic E-state index is -1.01. The summed E-state index contributed by atoms with van der Waals surface area (Å²) in [6.45, 7) is 10.2. The average molecular weight is 370 g/mol. The fourth-order valence-corrected chi connectivity index (χ4v) is 3.67. The van der Waals surface area contributed by atoms with Gasteiger partial charge in [-0.05, 0) is 18.3 Å². The van der Waals surface area contributed by atoms with Gasteiger partial charge in [0, 0.05) is 24.4 Å². The molecule has 0 aliphatic heterocycles. The standard InChI is InChI=1S/C18H31N3O3S/c1-7-11(4)14(21(6)17(22)15(19)10(2)3)8-12(5)16-20-13(9-25-16)18(23)24/h9-12,14-15H,7-8,19H2,1-6H3,(H,23,24)/t11?,12-,14-,15+/m1/s1. The van der Waals surface area contributed by atoms with Gasteiger partial charge in [-0.15, -0.1) is 11.3 Å². The van der Waals surface area contributed by atoms with Crippen LogP contribution in [0.15, 0.2) is 5.38 Å². The number of nitrogens with zero attached hydrogens (tertiary/aromatic N) is 2. The van der Waals surface area contributed by atoms with Gasteiger partial charge in [0.25, 0.3) is 0 Å². The Hall–Kier alpha value is -1.47. The number of nitrogens with two attached hydrogens (primary N) is 1. The zero-order valence-electron chi connectivity index (χ0n) is 16.0. The molecule has 1 unspecified atom stereocenters. The number of aromatic nitrogens is 1. The first kappa shape index (κ1) is 21.6. The second-order valence-corrected chi connectivity index (χ2v) is 8.07. The summed E-state index contributed by atoms with van der Waals surface area (Å²) in [6.07, 6.45) is 1.68. The van der Waals surface area contributed by atoms with Crippen molar-refractivity contribution < 1.29 is 14.7 Å². The summed E-state index contributed by atoms with van der Waals surface area (Å²) in [7, 11) is 1.82. The van der Waals surface area contributed by atoms with E-state index in [9.17, 15) is 9.59 Å². The van der Waals surface area contributed by atoms with Crippen LogP contribution < -0.4 is 5.73 Å². The quantitative estimate of drug-likeness (QED) is 0.697. The molecule has 1 amide bonds. The van der Waals surface area contributed by atoms with Crippen molar-refractivity contribution in [3.8, 4) is 0 Å². The number of hydrogen-bond donors (Lipinski definition) is 2. The zero-order valence-corrected chi connectivity index (χ0v) is 16.8. The number of likely N-dealkylation sites (N-methyl/N-ethyl adjacent to an activating group) is 1. The minimum Gasteiger partial charge on any atom is -0.476 e. The number of carbonyl (C=O) groups excluding carboxylic acids is 1. The lowest BCUT2D eigenvalue weighted by Gasteiger charge is -2.36. The number of rotatable bonds is 9. The van der Waals surface area contributed by atoms with Crippen LogP contribution in [0.2, 0.25) is 0 Å². The van der Waals surface area contributed by atoms with Gasteiger partial charge in [0.2, 0.25) is 5.91 Å². The van der Waals surface area contributed by atoms with Gasteiger partial charge in [0.15, 0.2) is 5.69 Å². The third-order valence-electron chi connectivity index (χ3n) is 4.91. The highest BCUT2D eigenvalue weighted by atomic mass is 32.1. The molecule has 0 saturated heterocycles. The molecule has 1 rings (SSSR count). The number of carbonyl (C=O) groups is 2. The Morgan fingerprint density at radius 1 is 1.32 bits per heavy atom. The van der Waals surface area contributed by atoms with Crippen LogP contribution in [-0.2, 0) is 4.79 Å². The molecule has 6 nitrogen and oxygen atoms in total. The normalized spacial score (nSPS) is 16.3. The maximum Gasteiger partial charge on any atom is 0.355 e. The Kier molecular flexibility index (Phi) is 8.02. The number of hydrogen-bond acceptors (Lipinski definition) is 5. The summed E-state index contributed by atoms with van der Waals surface area (Å²) < 4.78 is 0. The molecule has 0 radical (unpaired) electrons. The topological polar surface area (TPSA) is 96.5 Å². The molecule has 0 fully saturated rings. The minimum absolute atomic E-state index is 0.0366. The Morgan fingerprint density at radius 2 is 1.92 bits per heavy atom. The van der Waals surface area contributed by atoms with E-state index in [0.29, 0.717) is 5.92 Å². The van der Waals surface area contributed by atoms with Crippen LogP contribution in [0.3, 0.4) is 0 Å². The van der Waals surface area contributed by atoms with E-state index < -0.39 is 12.0 Å². The summed E-state index contributed by atoms with van der Waals surface area (Å²) in [5, 5.41) is 11.4. The monoisotopic (exact) mass is 369 g/mol. The van der Waals surface area contributed by atoms with E-state index in [0.717, 1.165) is 17.8 Å². The van der Waals surface area contributed by atoms with Gasteiger partial charge in [-0.25, -0.2) is 9.78 Å². The molecule has 0 saturated carbocycles. The van der Waals surface area contributed by atoms with Gasteiger partial charge < -0.3 is 15.7 Å². The van der Waals surface area contributed by atoms with Crippen molar-refractivity contribution in [2.24, 2.45) is 17.6 Å². The van der Waals surface area contributed by atoms with Crippen molar-refractivity contribution in [3.63, 3.8) is 0 Å². The third kappa shape index (κ3) is 5.51. The van der Waals surface area contributed by atoms with Crippen LogP contribution in [0.1, 0.15) is 68.9 Å². The molecule has 7 heteroatoms. The molecular weight excluding hydrogens is 338 g/mol. The van der Waals surface area contributed by atoms with Crippen LogP contribution >= 0.6 is 11.3 Å². The number of carboxylic acid groups (broad SMARTS) is 1. The second-order valence-electron chi connectivity index (χ2n) is 7.18. The van der Waals surface area contributed by atoms with E-state index in [-0.39, 0.29) is 29.5 Å². The lowest BCUT2D eigenvalue weighted by atomic mass is 9.89. The Morgan fingerprint density at radius 3 is 2.36 bits per heavy atom. The first-order valence-corrected chi connectivity index (χ1v) is 9.68. The fraction of sp³-hybridized carbons (Fsp3) is 0.722. The highest BCUT2D eigenvalue weighted by molar-refractivity contribution is 7.09. The first-order chi connectivity index (χ1) is 11.6. The predicted octanol–water partition coefficient (Wildman–Crippen LogP) is 3.19. The second kappa shape index (κ2) is 9.29. The molecule has 3 N–H and O–H groups in total. The van der Waals surface area contributed by atoms with Crippen molar-refractivity contribution in [2.45, 2.75) is 65.5 Å². The van der Waals surface area contributed by atoms with E-state index in [1.807, 2.05) is 27.8 Å². The predicted molar refractivity (Wildman–Crippen MR) is 101 cm³/mol. The summed E-state index contributed by atoms with van der Waals surface area (Å²) in [5.74, 6) is -0.583. The summed E-state index contributed by atoms with van der Waals surface area (Å²) >= 11 is 1.36. The lowest BCUT2D eigenvalue weighted by Crippen LogP contribution is -2.50. The van der Waals surface area contributed by atoms with Gasteiger partial charge in [-0.1, -0.05) is 41.0 Å². The number of carboxylic acids is 1. The summed E-state index contributed by atoms with van der Waals surface area (Å²) in [6, 6.07) is -0.472. The molecule has 142 valence electrons. The largest absolute Gasteiger partial charge is 0.476 e. The molecule has 25 heavy (non-hydrogen) atoms. The third-order valence-corrected chi connectivity index (χ3v) is 5.98. The highest BCUT2D eigenvalue weighted by Gasteiger charge is 2.31. The molecule has 4 atom stereocenters. The van der Waals surface area contributed by atoms with Crippen molar-refractivity contribution in [2.75, 3.05) is 7.05 Å². The van der Waals surface area contributed by atoms with Crippen LogP contribution in [0, 0.1) is 11.8 Å². The molecule has 1 aromatic heterocycles. The molecule has 0 aliphatic carbocycles. The maximum absolute atomic E-state index is 12.7. The fourth-order valence-electron chi connectivity index (χ4n) is 2.80. The van der Waals surface area contributed by atoms with Crippen molar-refractivity contribution in [3.05, 3.63) is 16.1 Å². The van der Waals surface area contributed by atoms with E-state index >= 15 is 0 Å². The molecule has 0 spiro atoms. The van der Waals surface area contributed by atoms with Crippen LogP contribution in [0.25, 0.3) is 0 Å². The van der Waals surface area contributed by atoms with Crippen LogP contribution in [0.5, 0.6) is 0 Å². The van der Waals surface area contributed by atoms with E-state index in [1.54, 1.807) is 10.3 Å². The Labute approximate surface area is 154 Å². The Bertz CT molecular complexity index is 588. The van der Waals surface area contributed by atoms with E-state index in [1.165, 1.54) is 11.3 Å². The maximum atomic E-state index is 12.7. The SMILES string of the molecule is CCC(C)[C@@H](C[C@@H](C)c1nc(C(=O)O)cs1)N(C)C(=O)[C@@H](N)C(C)C. The number of thiazole rings is 1. The van der Waals surface area contributed by atoms with Crippen molar-refractivity contribution in [1.29, 1.82) is 0 Å². The van der Waals surface area contributed by atoms with Gasteiger partial charge in [-0.2, -0.15) is 0 Å². The van der Waals surface area contributed by atoms with E-state index in [4.69, 9.17) is 10.8 Å². The summed E-state index contributed by atoms with van der Waals surface area (Å²) in [5.41, 5.74) is 6.13. The van der Waals surface area contributed by atoms with Crippen LogP contribution in [-0.4, -0.2) is 46.0 Å². The zero-order chi connectivity index (χ0) is 19.3. The number of amides is 1. The van der Waals surface area contributed by atoms with Crippen LogP contribution in [0.4, 0.5) is 0 Å². The van der Waals surface area contributed by atoms with Gasteiger partial charge in [0.1, 0.15) is 0 Å². The van der Waals surface area contributed by atoms with Crippen molar-refractivity contribution >= 4 is 23.2 Å². The van der Waals surface area contributed by atoms with E-state index in [2.05, 4.69) is 18.8 Å². The van der Waals surface area contributed by atoms with Gasteiger partial charge >= 0.3 is 5.97 Å². The molecule has 0 aromatic carbocycles. The average Bonchev–Trinajstić information content (AvgIpc) is 3.07. The molecule has 1 aromatic rings. The molecule has 1 heterocycles. The summed E-state index contributed by atoms with van der Waals surface area (Å²) in [4.78, 5) is 29.7. The van der Waals surface area contributed by atoms with Crippen molar-refractivity contribution in [1.82, 2.24) is 9.88 Å². The number of aromatic carboxylic acids is 1. The van der Waals surface area contributed by atoms with Gasteiger partial charge in [0.05, 0.1) is 11.0 Å². The lowest BCUT2D eigenvalue weighted by molar-refractivity contribution is -0.135. The highest BCUT2D eigenvalue weighted by Crippen LogP contribution is 2.29.